The number of hydrogen-bond acceptors (Lipinski definition) is 5. The zero-order chi connectivity index (χ0) is 29.8. The number of nitrogens with zero attached hydrogens (tertiary/aromatic N) is 2. The molecule has 0 spiro atoms. The molecule has 212 valence electrons. The second kappa shape index (κ2) is 12.0. The first-order valence-electron chi connectivity index (χ1n) is 13.4. The minimum Gasteiger partial charge on any atom is -0.495 e. The van der Waals surface area contributed by atoms with Crippen LogP contribution >= 0.6 is 0 Å². The first kappa shape index (κ1) is 28.1. The molecule has 0 atom stereocenters. The van der Waals surface area contributed by atoms with Crippen molar-refractivity contribution in [3.05, 3.63) is 108 Å². The number of carboxylic acids is 1. The number of para-hydroxylation sites is 2. The maximum atomic E-state index is 13.7. The van der Waals surface area contributed by atoms with Crippen LogP contribution in [0.5, 0.6) is 5.75 Å². The molecule has 42 heavy (non-hydrogen) atoms. The van der Waals surface area contributed by atoms with E-state index in [1.807, 2.05) is 43.3 Å². The summed E-state index contributed by atoms with van der Waals surface area (Å²) in [6, 6.07) is 26.6. The first-order valence-corrected chi connectivity index (χ1v) is 13.4. The lowest BCUT2D eigenvalue weighted by Crippen LogP contribution is -2.35. The van der Waals surface area contributed by atoms with E-state index < -0.39 is 18.4 Å². The number of methoxy groups -OCH3 is 1. The second-order valence-electron chi connectivity index (χ2n) is 9.80. The Morgan fingerprint density at radius 2 is 1.55 bits per heavy atom. The van der Waals surface area contributed by atoms with E-state index in [9.17, 15) is 24.3 Å². The molecular weight excluding hydrogens is 534 g/mol. The van der Waals surface area contributed by atoms with Crippen molar-refractivity contribution in [1.82, 2.24) is 0 Å². The summed E-state index contributed by atoms with van der Waals surface area (Å²) in [5.74, 6) is -1.98. The minimum atomic E-state index is -1.15. The number of rotatable bonds is 7. The fraction of sp³-hybridized carbons (Fsp3) is 0.152. The Morgan fingerprint density at radius 3 is 2.26 bits per heavy atom. The van der Waals surface area contributed by atoms with Gasteiger partial charge in [0.05, 0.1) is 24.2 Å². The second-order valence-corrected chi connectivity index (χ2v) is 9.80. The maximum absolute atomic E-state index is 13.7. The molecule has 0 saturated heterocycles. The molecular formula is C33H29N3O6. The van der Waals surface area contributed by atoms with Crippen LogP contribution in [0, 0.1) is 6.92 Å². The predicted octanol–water partition coefficient (Wildman–Crippen LogP) is 5.39. The molecule has 4 aromatic rings. The number of anilines is 3. The van der Waals surface area contributed by atoms with Crippen LogP contribution in [0.25, 0.3) is 11.1 Å². The van der Waals surface area contributed by atoms with Crippen LogP contribution in [0.3, 0.4) is 0 Å². The van der Waals surface area contributed by atoms with E-state index in [-0.39, 0.29) is 36.1 Å². The molecule has 2 N–H and O–H groups in total. The molecule has 0 fully saturated rings. The fourth-order valence-corrected chi connectivity index (χ4v) is 5.10. The molecule has 1 aliphatic heterocycles. The Balaban J connectivity index is 1.43. The van der Waals surface area contributed by atoms with Gasteiger partial charge in [-0.2, -0.15) is 0 Å². The molecule has 0 saturated carbocycles. The summed E-state index contributed by atoms with van der Waals surface area (Å²) in [4.78, 5) is 54.0. The van der Waals surface area contributed by atoms with Crippen LogP contribution in [0.2, 0.25) is 0 Å². The zero-order valence-electron chi connectivity index (χ0n) is 23.2. The Morgan fingerprint density at radius 1 is 0.881 bits per heavy atom. The highest BCUT2D eigenvalue weighted by molar-refractivity contribution is 6.13. The third-order valence-corrected chi connectivity index (χ3v) is 7.16. The number of carbonyl (C=O) groups excluding carboxylic acids is 3. The van der Waals surface area contributed by atoms with Crippen molar-refractivity contribution in [2.45, 2.75) is 13.3 Å². The third-order valence-electron chi connectivity index (χ3n) is 7.16. The summed E-state index contributed by atoms with van der Waals surface area (Å²) in [6.07, 6.45) is -0.0424. The van der Waals surface area contributed by atoms with Crippen molar-refractivity contribution < 1.29 is 29.0 Å². The molecule has 1 aliphatic rings. The van der Waals surface area contributed by atoms with E-state index in [0.29, 0.717) is 22.6 Å². The number of benzene rings is 4. The molecule has 4 aromatic carbocycles. The SMILES string of the molecule is COc1cc(C(=O)N2CCC(=O)N(CC(=O)O)c3ccccc32)ccc1NC(=O)c1ccccc1-c1ccccc1C. The largest absolute Gasteiger partial charge is 0.495 e. The van der Waals surface area contributed by atoms with Crippen molar-refractivity contribution in [1.29, 1.82) is 0 Å². The lowest BCUT2D eigenvalue weighted by atomic mass is 9.95. The lowest BCUT2D eigenvalue weighted by molar-refractivity contribution is -0.136. The number of aliphatic carboxylic acids is 1. The van der Waals surface area contributed by atoms with Crippen LogP contribution in [0.4, 0.5) is 17.1 Å². The number of ether oxygens (including phenoxy) is 1. The standard InChI is InChI=1S/C33H29N3O6/c1-21-9-3-4-10-23(21)24-11-5-6-12-25(24)32(40)34-26-16-15-22(19-29(26)42-2)33(41)35-18-17-30(37)36(20-31(38)39)28-14-8-7-13-27(28)35/h3-16,19H,17-18,20H2,1-2H3,(H,34,40)(H,38,39). The number of carboxylic acid groups (broad SMARTS) is 1. The minimum absolute atomic E-state index is 0.0424. The molecule has 0 aliphatic carbocycles. The van der Waals surface area contributed by atoms with Gasteiger partial charge in [0.1, 0.15) is 12.3 Å². The van der Waals surface area contributed by atoms with Crippen molar-refractivity contribution in [3.8, 4) is 16.9 Å². The molecule has 0 radical (unpaired) electrons. The van der Waals surface area contributed by atoms with E-state index in [0.717, 1.165) is 16.7 Å². The molecule has 9 heteroatoms. The van der Waals surface area contributed by atoms with Gasteiger partial charge in [-0.15, -0.1) is 0 Å². The van der Waals surface area contributed by atoms with Gasteiger partial charge >= 0.3 is 5.97 Å². The van der Waals surface area contributed by atoms with Gasteiger partial charge in [-0.3, -0.25) is 24.1 Å². The van der Waals surface area contributed by atoms with E-state index in [2.05, 4.69) is 5.32 Å². The topological polar surface area (TPSA) is 116 Å². The van der Waals surface area contributed by atoms with Gasteiger partial charge in [-0.25, -0.2) is 0 Å². The monoisotopic (exact) mass is 563 g/mol. The van der Waals surface area contributed by atoms with Crippen molar-refractivity contribution in [2.75, 3.05) is 35.3 Å². The van der Waals surface area contributed by atoms with Gasteiger partial charge in [0, 0.05) is 24.1 Å². The van der Waals surface area contributed by atoms with E-state index >= 15 is 0 Å². The molecule has 1 heterocycles. The van der Waals surface area contributed by atoms with Crippen molar-refractivity contribution >= 4 is 40.8 Å². The predicted molar refractivity (Wildman–Crippen MR) is 160 cm³/mol. The highest BCUT2D eigenvalue weighted by Gasteiger charge is 2.31. The van der Waals surface area contributed by atoms with E-state index in [1.54, 1.807) is 48.5 Å². The van der Waals surface area contributed by atoms with E-state index in [4.69, 9.17) is 4.74 Å². The summed E-state index contributed by atoms with van der Waals surface area (Å²) in [5, 5.41) is 12.3. The number of amides is 3. The average Bonchev–Trinajstić information content (AvgIpc) is 3.13. The third kappa shape index (κ3) is 5.57. The number of aryl methyl sites for hydroxylation is 1. The van der Waals surface area contributed by atoms with Gasteiger partial charge in [0.25, 0.3) is 11.8 Å². The van der Waals surface area contributed by atoms with Gasteiger partial charge in [-0.1, -0.05) is 54.6 Å². The Bertz CT molecular complexity index is 1700. The molecule has 3 amide bonds. The van der Waals surface area contributed by atoms with Crippen LogP contribution in [0.1, 0.15) is 32.7 Å². The number of nitrogens with one attached hydrogen (secondary N) is 1. The average molecular weight is 564 g/mol. The molecule has 0 aromatic heterocycles. The lowest BCUT2D eigenvalue weighted by Gasteiger charge is -2.25. The van der Waals surface area contributed by atoms with Crippen LogP contribution in [-0.4, -0.2) is 49.0 Å². The number of hydrogen-bond donors (Lipinski definition) is 2. The Labute approximate surface area is 243 Å². The summed E-state index contributed by atoms with van der Waals surface area (Å²) in [6.45, 7) is 1.55. The van der Waals surface area contributed by atoms with Gasteiger partial charge in [0.15, 0.2) is 0 Å². The quantitative estimate of drug-likeness (QED) is 0.312. The molecule has 9 nitrogen and oxygen atoms in total. The fourth-order valence-electron chi connectivity index (χ4n) is 5.10. The summed E-state index contributed by atoms with van der Waals surface area (Å²) < 4.78 is 5.55. The number of fused-ring (bicyclic) bond motifs is 1. The summed E-state index contributed by atoms with van der Waals surface area (Å²) >= 11 is 0. The first-order chi connectivity index (χ1) is 20.3. The Hall–Kier alpha value is -5.44. The normalized spacial score (nSPS) is 12.8. The highest BCUT2D eigenvalue weighted by Crippen LogP contribution is 2.35. The van der Waals surface area contributed by atoms with Gasteiger partial charge in [-0.05, 0) is 60.0 Å². The molecule has 5 rings (SSSR count). The summed E-state index contributed by atoms with van der Waals surface area (Å²) in [5.41, 5.74) is 4.72. The number of carbonyl (C=O) groups is 4. The highest BCUT2D eigenvalue weighted by atomic mass is 16.5. The van der Waals surface area contributed by atoms with Crippen molar-refractivity contribution in [2.24, 2.45) is 0 Å². The van der Waals surface area contributed by atoms with Crippen LogP contribution < -0.4 is 19.9 Å². The molecule has 0 unspecified atom stereocenters. The summed E-state index contributed by atoms with van der Waals surface area (Å²) in [7, 11) is 1.45. The van der Waals surface area contributed by atoms with Crippen LogP contribution in [-0.2, 0) is 9.59 Å². The van der Waals surface area contributed by atoms with E-state index in [1.165, 1.54) is 23.0 Å². The van der Waals surface area contributed by atoms with Crippen LogP contribution in [0.15, 0.2) is 91.0 Å². The smallest absolute Gasteiger partial charge is 0.323 e. The van der Waals surface area contributed by atoms with Crippen molar-refractivity contribution in [3.63, 3.8) is 0 Å². The Kier molecular flexibility index (Phi) is 8.01. The maximum Gasteiger partial charge on any atom is 0.323 e. The van der Waals surface area contributed by atoms with Gasteiger partial charge < -0.3 is 20.1 Å². The van der Waals surface area contributed by atoms with Gasteiger partial charge in [0.2, 0.25) is 5.91 Å². The molecule has 0 bridgehead atoms. The zero-order valence-corrected chi connectivity index (χ0v) is 23.2.